The van der Waals surface area contributed by atoms with E-state index in [0.29, 0.717) is 35.2 Å². The number of esters is 1. The fourth-order valence-corrected chi connectivity index (χ4v) is 4.33. The highest BCUT2D eigenvalue weighted by molar-refractivity contribution is 7.11. The van der Waals surface area contributed by atoms with Crippen LogP contribution in [0, 0.1) is 26.7 Å². The van der Waals surface area contributed by atoms with Gasteiger partial charge in [0.2, 0.25) is 12.7 Å². The van der Waals surface area contributed by atoms with Crippen molar-refractivity contribution in [2.75, 3.05) is 25.4 Å². The lowest BCUT2D eigenvalue weighted by Crippen LogP contribution is -2.33. The van der Waals surface area contributed by atoms with Crippen LogP contribution in [-0.4, -0.2) is 63.8 Å². The van der Waals surface area contributed by atoms with Gasteiger partial charge in [0.05, 0.1) is 13.2 Å². The second-order valence-corrected chi connectivity index (χ2v) is 10.2. The van der Waals surface area contributed by atoms with Gasteiger partial charge < -0.3 is 18.9 Å². The molecular weight excluding hydrogens is 512 g/mol. The highest BCUT2D eigenvalue weighted by Crippen LogP contribution is 2.46. The van der Waals surface area contributed by atoms with Gasteiger partial charge in [-0.15, -0.1) is 10.2 Å². The number of rotatable bonds is 11. The van der Waals surface area contributed by atoms with E-state index >= 15 is 0 Å². The van der Waals surface area contributed by atoms with Crippen molar-refractivity contribution >= 4 is 29.2 Å². The van der Waals surface area contributed by atoms with Crippen LogP contribution in [0.3, 0.4) is 0 Å². The van der Waals surface area contributed by atoms with Crippen molar-refractivity contribution in [3.05, 3.63) is 51.5 Å². The van der Waals surface area contributed by atoms with Gasteiger partial charge in [0.1, 0.15) is 21.7 Å². The van der Waals surface area contributed by atoms with Crippen LogP contribution in [0.1, 0.15) is 46.4 Å². The third-order valence-electron chi connectivity index (χ3n) is 5.91. The Morgan fingerprint density at radius 1 is 1.16 bits per heavy atom. The number of hydrogen-bond donors (Lipinski definition) is 0. The summed E-state index contributed by atoms with van der Waals surface area (Å²) in [6.45, 7) is 6.99. The van der Waals surface area contributed by atoms with Gasteiger partial charge in [0.25, 0.3) is 0 Å². The monoisotopic (exact) mass is 542 g/mol. The number of nitrogens with zero attached hydrogens (tertiary/aromatic N) is 6. The van der Waals surface area contributed by atoms with E-state index < -0.39 is 25.0 Å². The fraction of sp³-hybridized carbons (Fsp3) is 0.480. The number of pyridine rings is 1. The number of anilines is 1. The molecule has 1 fully saturated rings. The molecule has 0 aromatic carbocycles. The van der Waals surface area contributed by atoms with Gasteiger partial charge in [0.15, 0.2) is 6.10 Å². The number of aromatic nitrogens is 5. The first kappa shape index (κ1) is 27.3. The second-order valence-electron chi connectivity index (χ2n) is 8.96. The van der Waals surface area contributed by atoms with Crippen molar-refractivity contribution in [3.8, 4) is 5.88 Å². The zero-order valence-electron chi connectivity index (χ0n) is 21.9. The summed E-state index contributed by atoms with van der Waals surface area (Å²) in [4.78, 5) is 39.4. The van der Waals surface area contributed by atoms with Crippen LogP contribution in [-0.2, 0) is 25.5 Å². The molecule has 202 valence electrons. The molecule has 12 nitrogen and oxygen atoms in total. The molecule has 0 saturated heterocycles. The minimum Gasteiger partial charge on any atom is -0.477 e. The van der Waals surface area contributed by atoms with E-state index in [1.54, 1.807) is 13.0 Å². The summed E-state index contributed by atoms with van der Waals surface area (Å²) >= 11 is 1.34. The lowest BCUT2D eigenvalue weighted by atomic mass is 10.2. The van der Waals surface area contributed by atoms with Crippen molar-refractivity contribution < 1.29 is 28.5 Å². The molecule has 1 amide bonds. The van der Waals surface area contributed by atoms with Crippen molar-refractivity contribution in [2.45, 2.75) is 52.7 Å². The molecule has 38 heavy (non-hydrogen) atoms. The van der Waals surface area contributed by atoms with Gasteiger partial charge in [0, 0.05) is 36.9 Å². The van der Waals surface area contributed by atoms with Crippen LogP contribution < -0.4 is 9.64 Å². The predicted octanol–water partition coefficient (Wildman–Crippen LogP) is 3.51. The Bertz CT molecular complexity index is 1270. The molecule has 1 unspecified atom stereocenters. The Labute approximate surface area is 224 Å². The molecule has 4 rings (SSSR count). The molecule has 0 aliphatic heterocycles. The van der Waals surface area contributed by atoms with Gasteiger partial charge in [-0.1, -0.05) is 17.4 Å². The molecule has 0 radical (unpaired) electrons. The van der Waals surface area contributed by atoms with Crippen molar-refractivity contribution in [1.82, 2.24) is 25.1 Å². The maximum atomic E-state index is 13.0. The fourth-order valence-electron chi connectivity index (χ4n) is 3.63. The number of carbonyl (C=O) groups excluding carboxylic acids is 2. The van der Waals surface area contributed by atoms with Crippen LogP contribution in [0.5, 0.6) is 5.88 Å². The Hall–Kier alpha value is -3.71. The Kier molecular flexibility index (Phi) is 8.79. The zero-order valence-corrected chi connectivity index (χ0v) is 22.7. The summed E-state index contributed by atoms with van der Waals surface area (Å²) in [5.74, 6) is 1.04. The SMILES string of the molecule is COC(C)C(=O)OCOC(=O)N(Cc1nnc(C)s1)c1cc(OC[C@H]2C[C@@H]2c2ccc(C)cn2)nc(C)n1. The van der Waals surface area contributed by atoms with E-state index in [1.807, 2.05) is 20.0 Å². The number of hydrogen-bond acceptors (Lipinski definition) is 12. The normalized spacial score (nSPS) is 17.0. The molecule has 1 aliphatic carbocycles. The molecule has 3 aromatic heterocycles. The van der Waals surface area contributed by atoms with Crippen LogP contribution in [0.4, 0.5) is 10.6 Å². The summed E-state index contributed by atoms with van der Waals surface area (Å²) in [6.07, 6.45) is 1.29. The summed E-state index contributed by atoms with van der Waals surface area (Å²) in [5, 5.41) is 9.44. The van der Waals surface area contributed by atoms with E-state index in [-0.39, 0.29) is 12.4 Å². The van der Waals surface area contributed by atoms with E-state index in [2.05, 4.69) is 37.3 Å². The Morgan fingerprint density at radius 2 is 1.97 bits per heavy atom. The summed E-state index contributed by atoms with van der Waals surface area (Å²) in [5.41, 5.74) is 2.19. The van der Waals surface area contributed by atoms with E-state index in [9.17, 15) is 9.59 Å². The maximum absolute atomic E-state index is 13.0. The van der Waals surface area contributed by atoms with Gasteiger partial charge in [-0.05, 0) is 45.7 Å². The van der Waals surface area contributed by atoms with Gasteiger partial charge >= 0.3 is 12.1 Å². The molecular formula is C25H30N6O6S. The standard InChI is InChI=1S/C25H30N6O6S/c1-14-6-7-20(26-10-14)19-8-18(19)12-35-22-9-21(27-16(3)28-22)31(11-23-30-29-17(4)38-23)25(33)37-13-36-24(32)15(2)34-5/h6-7,9-10,15,18-19H,8,11-13H2,1-5H3/t15?,18-,19+/m1/s1. The third-order valence-corrected chi connectivity index (χ3v) is 6.73. The number of ether oxygens (including phenoxy) is 4. The number of methoxy groups -OCH3 is 1. The molecule has 1 aliphatic rings. The van der Waals surface area contributed by atoms with Crippen LogP contribution in [0.25, 0.3) is 0 Å². The molecule has 0 bridgehead atoms. The van der Waals surface area contributed by atoms with E-state index in [1.165, 1.54) is 30.3 Å². The molecule has 3 aromatic rings. The smallest absolute Gasteiger partial charge is 0.418 e. The number of aryl methyl sites for hydroxylation is 3. The van der Waals surface area contributed by atoms with Crippen LogP contribution in [0.15, 0.2) is 24.4 Å². The average Bonchev–Trinajstić information content (AvgIpc) is 3.56. The minimum atomic E-state index is -0.786. The summed E-state index contributed by atoms with van der Waals surface area (Å²) in [6, 6.07) is 5.69. The van der Waals surface area contributed by atoms with Gasteiger partial charge in [-0.3, -0.25) is 9.88 Å². The molecule has 13 heteroatoms. The van der Waals surface area contributed by atoms with Crippen LogP contribution >= 0.6 is 11.3 Å². The lowest BCUT2D eigenvalue weighted by molar-refractivity contribution is -0.162. The minimum absolute atomic E-state index is 0.0481. The maximum Gasteiger partial charge on any atom is 0.418 e. The predicted molar refractivity (Wildman–Crippen MR) is 137 cm³/mol. The summed E-state index contributed by atoms with van der Waals surface area (Å²) in [7, 11) is 1.38. The van der Waals surface area contributed by atoms with Crippen LogP contribution in [0.2, 0.25) is 0 Å². The molecule has 0 spiro atoms. The van der Waals surface area contributed by atoms with Gasteiger partial charge in [-0.2, -0.15) is 4.98 Å². The van der Waals surface area contributed by atoms with Crippen molar-refractivity contribution in [2.24, 2.45) is 5.92 Å². The molecule has 3 atom stereocenters. The highest BCUT2D eigenvalue weighted by Gasteiger charge is 2.40. The number of amides is 1. The largest absolute Gasteiger partial charge is 0.477 e. The third kappa shape index (κ3) is 7.19. The quantitative estimate of drug-likeness (QED) is 0.260. The first-order valence-corrected chi connectivity index (χ1v) is 12.9. The lowest BCUT2D eigenvalue weighted by Gasteiger charge is -2.21. The van der Waals surface area contributed by atoms with Crippen molar-refractivity contribution in [1.29, 1.82) is 0 Å². The van der Waals surface area contributed by atoms with Crippen molar-refractivity contribution in [3.63, 3.8) is 0 Å². The topological polar surface area (TPSA) is 139 Å². The van der Waals surface area contributed by atoms with E-state index in [0.717, 1.165) is 22.7 Å². The highest BCUT2D eigenvalue weighted by atomic mass is 32.1. The molecule has 0 N–H and O–H groups in total. The average molecular weight is 543 g/mol. The zero-order chi connectivity index (χ0) is 27.2. The Balaban J connectivity index is 1.44. The molecule has 1 saturated carbocycles. The first-order chi connectivity index (χ1) is 18.2. The Morgan fingerprint density at radius 3 is 2.66 bits per heavy atom. The summed E-state index contributed by atoms with van der Waals surface area (Å²) < 4.78 is 21.1. The van der Waals surface area contributed by atoms with E-state index in [4.69, 9.17) is 18.9 Å². The second kappa shape index (κ2) is 12.2. The molecule has 3 heterocycles. The van der Waals surface area contributed by atoms with Gasteiger partial charge in [-0.25, -0.2) is 14.6 Å². The number of carbonyl (C=O) groups is 2. The first-order valence-electron chi connectivity index (χ1n) is 12.1.